The summed E-state index contributed by atoms with van der Waals surface area (Å²) in [4.78, 5) is 13.1. The van der Waals surface area contributed by atoms with Crippen molar-refractivity contribution in [1.82, 2.24) is 0 Å². The van der Waals surface area contributed by atoms with E-state index in [1.54, 1.807) is 18.2 Å². The number of hydrogen-bond donors (Lipinski definition) is 1. The number of aryl methyl sites for hydroxylation is 2. The second-order valence-electron chi connectivity index (χ2n) is 7.92. The highest BCUT2D eigenvalue weighted by atomic mass is 16.7. The van der Waals surface area contributed by atoms with E-state index in [-0.39, 0.29) is 6.79 Å². The van der Waals surface area contributed by atoms with E-state index in [4.69, 9.17) is 14.2 Å². The van der Waals surface area contributed by atoms with Crippen molar-refractivity contribution in [3.8, 4) is 11.5 Å². The number of aliphatic hydroxyl groups is 1. The summed E-state index contributed by atoms with van der Waals surface area (Å²) in [7, 11) is 0. The Balaban J connectivity index is 1.70. The predicted molar refractivity (Wildman–Crippen MR) is 116 cm³/mol. The van der Waals surface area contributed by atoms with Crippen molar-refractivity contribution in [3.05, 3.63) is 100 Å². The van der Waals surface area contributed by atoms with Gasteiger partial charge in [0.05, 0.1) is 5.57 Å². The van der Waals surface area contributed by atoms with Crippen LogP contribution in [-0.4, -0.2) is 17.9 Å². The van der Waals surface area contributed by atoms with Gasteiger partial charge in [-0.1, -0.05) is 48.5 Å². The van der Waals surface area contributed by atoms with Gasteiger partial charge in [0.2, 0.25) is 6.79 Å². The van der Waals surface area contributed by atoms with Gasteiger partial charge in [0.25, 0.3) is 5.79 Å². The third kappa shape index (κ3) is 3.27. The molecule has 0 aromatic heterocycles. The Hall–Kier alpha value is -3.57. The molecule has 1 N–H and O–H groups in total. The van der Waals surface area contributed by atoms with Gasteiger partial charge in [0, 0.05) is 17.6 Å². The maximum absolute atomic E-state index is 13.1. The standard InChI is InChI=1S/C26H22O5/c1-16-8-10-20(12-17(16)2)26(28)21(13-18-6-4-3-5-7-18)24(25(27)31-26)19-9-11-22-23(14-19)30-15-29-22/h3-12,14,28H,13,15H2,1-2H3. The van der Waals surface area contributed by atoms with Crippen LogP contribution in [-0.2, 0) is 21.7 Å². The average molecular weight is 414 g/mol. The molecule has 31 heavy (non-hydrogen) atoms. The zero-order valence-electron chi connectivity index (χ0n) is 17.3. The fourth-order valence-corrected chi connectivity index (χ4v) is 4.08. The molecule has 2 heterocycles. The minimum absolute atomic E-state index is 0.145. The maximum atomic E-state index is 13.1. The number of esters is 1. The van der Waals surface area contributed by atoms with Crippen molar-refractivity contribution in [2.45, 2.75) is 26.1 Å². The van der Waals surface area contributed by atoms with Gasteiger partial charge in [-0.15, -0.1) is 0 Å². The van der Waals surface area contributed by atoms with Crippen LogP contribution in [0.1, 0.15) is 27.8 Å². The van der Waals surface area contributed by atoms with Crippen molar-refractivity contribution in [2.75, 3.05) is 6.79 Å². The lowest BCUT2D eigenvalue weighted by Gasteiger charge is -2.26. The second-order valence-corrected chi connectivity index (χ2v) is 7.92. The van der Waals surface area contributed by atoms with Crippen LogP contribution in [0.3, 0.4) is 0 Å². The van der Waals surface area contributed by atoms with Crippen molar-refractivity contribution in [2.24, 2.45) is 0 Å². The zero-order valence-corrected chi connectivity index (χ0v) is 17.3. The normalized spacial score (nSPS) is 19.6. The number of benzene rings is 3. The molecule has 156 valence electrons. The summed E-state index contributed by atoms with van der Waals surface area (Å²) in [5.74, 6) is -1.22. The van der Waals surface area contributed by atoms with Gasteiger partial charge in [0.15, 0.2) is 11.5 Å². The number of hydrogen-bond acceptors (Lipinski definition) is 5. The van der Waals surface area contributed by atoms with Crippen LogP contribution in [0.15, 0.2) is 72.3 Å². The Kier molecular flexibility index (Phi) is 4.56. The number of ether oxygens (including phenoxy) is 3. The van der Waals surface area contributed by atoms with Gasteiger partial charge >= 0.3 is 5.97 Å². The zero-order chi connectivity index (χ0) is 21.6. The van der Waals surface area contributed by atoms with E-state index in [9.17, 15) is 9.90 Å². The lowest BCUT2D eigenvalue weighted by Crippen LogP contribution is -2.30. The van der Waals surface area contributed by atoms with Crippen molar-refractivity contribution >= 4 is 11.5 Å². The third-order valence-electron chi connectivity index (χ3n) is 5.94. The maximum Gasteiger partial charge on any atom is 0.342 e. The topological polar surface area (TPSA) is 65.0 Å². The van der Waals surface area contributed by atoms with Gasteiger partial charge in [-0.25, -0.2) is 4.79 Å². The molecule has 0 fully saturated rings. The van der Waals surface area contributed by atoms with Crippen LogP contribution >= 0.6 is 0 Å². The van der Waals surface area contributed by atoms with E-state index < -0.39 is 11.8 Å². The summed E-state index contributed by atoms with van der Waals surface area (Å²) in [5, 5.41) is 11.7. The van der Waals surface area contributed by atoms with Gasteiger partial charge < -0.3 is 19.3 Å². The number of carbonyl (C=O) groups is 1. The molecule has 1 unspecified atom stereocenters. The molecule has 1 atom stereocenters. The molecular weight excluding hydrogens is 392 g/mol. The summed E-state index contributed by atoms with van der Waals surface area (Å²) < 4.78 is 16.6. The molecule has 3 aromatic rings. The molecule has 0 bridgehead atoms. The molecular formula is C26H22O5. The van der Waals surface area contributed by atoms with E-state index >= 15 is 0 Å². The molecule has 5 heteroatoms. The monoisotopic (exact) mass is 414 g/mol. The van der Waals surface area contributed by atoms with E-state index in [1.807, 2.05) is 62.4 Å². The van der Waals surface area contributed by atoms with Gasteiger partial charge in [0.1, 0.15) is 0 Å². The lowest BCUT2D eigenvalue weighted by molar-refractivity contribution is -0.185. The number of carbonyl (C=O) groups excluding carboxylic acids is 1. The third-order valence-corrected chi connectivity index (χ3v) is 5.94. The summed E-state index contributed by atoms with van der Waals surface area (Å²) in [6.07, 6.45) is 0.361. The smallest absolute Gasteiger partial charge is 0.342 e. The van der Waals surface area contributed by atoms with E-state index in [0.29, 0.717) is 40.2 Å². The molecule has 0 saturated heterocycles. The molecule has 0 saturated carbocycles. The Morgan fingerprint density at radius 3 is 2.45 bits per heavy atom. The summed E-state index contributed by atoms with van der Waals surface area (Å²) in [6.45, 7) is 4.12. The first-order chi connectivity index (χ1) is 15.0. The Morgan fingerprint density at radius 2 is 1.68 bits per heavy atom. The largest absolute Gasteiger partial charge is 0.454 e. The molecule has 5 rings (SSSR count). The number of fused-ring (bicyclic) bond motifs is 1. The van der Waals surface area contributed by atoms with Crippen LogP contribution in [0, 0.1) is 13.8 Å². The van der Waals surface area contributed by atoms with E-state index in [2.05, 4.69) is 0 Å². The molecule has 3 aromatic carbocycles. The average Bonchev–Trinajstić information content (AvgIpc) is 3.33. The van der Waals surface area contributed by atoms with E-state index in [1.165, 1.54) is 0 Å². The Labute approximate surface area is 180 Å². The van der Waals surface area contributed by atoms with E-state index in [0.717, 1.165) is 16.7 Å². The predicted octanol–water partition coefficient (Wildman–Crippen LogP) is 4.43. The molecule has 5 nitrogen and oxygen atoms in total. The van der Waals surface area contributed by atoms with Crippen molar-refractivity contribution < 1.29 is 24.1 Å². The quantitative estimate of drug-likeness (QED) is 0.640. The lowest BCUT2D eigenvalue weighted by atomic mass is 9.87. The van der Waals surface area contributed by atoms with Crippen LogP contribution < -0.4 is 9.47 Å². The minimum Gasteiger partial charge on any atom is -0.454 e. The van der Waals surface area contributed by atoms with Crippen LogP contribution in [0.4, 0.5) is 0 Å². The van der Waals surface area contributed by atoms with Crippen LogP contribution in [0.2, 0.25) is 0 Å². The fourth-order valence-electron chi connectivity index (χ4n) is 4.08. The second kappa shape index (κ2) is 7.29. The molecule has 0 aliphatic carbocycles. The molecule has 0 radical (unpaired) electrons. The summed E-state index contributed by atoms with van der Waals surface area (Å²) in [6, 6.07) is 20.7. The van der Waals surface area contributed by atoms with Gasteiger partial charge in [-0.05, 0) is 54.3 Å². The Bertz CT molecular complexity index is 1210. The minimum atomic E-state index is -1.85. The highest BCUT2D eigenvalue weighted by Gasteiger charge is 2.48. The number of cyclic esters (lactones) is 1. The van der Waals surface area contributed by atoms with Crippen LogP contribution in [0.5, 0.6) is 11.5 Å². The fraction of sp³-hybridized carbons (Fsp3) is 0.192. The van der Waals surface area contributed by atoms with Crippen molar-refractivity contribution in [1.29, 1.82) is 0 Å². The summed E-state index contributed by atoms with van der Waals surface area (Å²) in [5.41, 5.74) is 5.09. The summed E-state index contributed by atoms with van der Waals surface area (Å²) >= 11 is 0. The molecule has 2 aliphatic heterocycles. The first kappa shape index (κ1) is 19.4. The molecule has 0 spiro atoms. The highest BCUT2D eigenvalue weighted by Crippen LogP contribution is 2.46. The van der Waals surface area contributed by atoms with Crippen molar-refractivity contribution in [3.63, 3.8) is 0 Å². The highest BCUT2D eigenvalue weighted by molar-refractivity contribution is 6.20. The molecule has 2 aliphatic rings. The van der Waals surface area contributed by atoms with Gasteiger partial charge in [-0.3, -0.25) is 0 Å². The first-order valence-electron chi connectivity index (χ1n) is 10.2. The Morgan fingerprint density at radius 1 is 0.903 bits per heavy atom. The molecule has 0 amide bonds. The van der Waals surface area contributed by atoms with Crippen LogP contribution in [0.25, 0.3) is 5.57 Å². The van der Waals surface area contributed by atoms with Gasteiger partial charge in [-0.2, -0.15) is 0 Å². The first-order valence-corrected chi connectivity index (χ1v) is 10.2. The SMILES string of the molecule is Cc1ccc(C2(O)OC(=O)C(c3ccc4c(c3)OCO4)=C2Cc2ccccc2)cc1C. The number of rotatable bonds is 4.